The van der Waals surface area contributed by atoms with Crippen LogP contribution in [-0.4, -0.2) is 61.9 Å². The fourth-order valence-electron chi connectivity index (χ4n) is 2.82. The standard InChI is InChI=1S/C17H29N3O/c1-3-7-18-13-17(21)14-19-8-10-20(11-9-19)16-6-4-5-15(2)12-16/h4-6,12,17-18,21H,3,7-11,13-14H2,1-2H3. The summed E-state index contributed by atoms with van der Waals surface area (Å²) in [5.41, 5.74) is 2.63. The molecule has 1 aliphatic rings. The van der Waals surface area contributed by atoms with Crippen molar-refractivity contribution in [3.05, 3.63) is 29.8 Å². The highest BCUT2D eigenvalue weighted by Crippen LogP contribution is 2.17. The molecule has 21 heavy (non-hydrogen) atoms. The average molecular weight is 291 g/mol. The van der Waals surface area contributed by atoms with E-state index in [0.29, 0.717) is 6.54 Å². The highest BCUT2D eigenvalue weighted by atomic mass is 16.3. The number of hydrogen-bond donors (Lipinski definition) is 2. The summed E-state index contributed by atoms with van der Waals surface area (Å²) in [6.45, 7) is 10.9. The van der Waals surface area contributed by atoms with E-state index in [1.165, 1.54) is 11.3 Å². The number of β-amino-alcohol motifs (C(OH)–C–C–N with tert-alkyl or cyclic N) is 1. The Bertz CT molecular complexity index is 416. The van der Waals surface area contributed by atoms with Gasteiger partial charge in [0.15, 0.2) is 0 Å². The molecule has 1 aromatic rings. The molecule has 1 aromatic carbocycles. The first-order valence-electron chi connectivity index (χ1n) is 8.12. The summed E-state index contributed by atoms with van der Waals surface area (Å²) in [6.07, 6.45) is 0.851. The molecular weight excluding hydrogens is 262 g/mol. The molecule has 0 saturated carbocycles. The van der Waals surface area contributed by atoms with Crippen LogP contribution in [0.2, 0.25) is 0 Å². The van der Waals surface area contributed by atoms with E-state index in [9.17, 15) is 5.11 Å². The minimum Gasteiger partial charge on any atom is -0.390 e. The second-order valence-corrected chi connectivity index (χ2v) is 5.98. The van der Waals surface area contributed by atoms with Gasteiger partial charge in [0.2, 0.25) is 0 Å². The lowest BCUT2D eigenvalue weighted by Gasteiger charge is -2.37. The van der Waals surface area contributed by atoms with Crippen LogP contribution in [0.25, 0.3) is 0 Å². The fraction of sp³-hybridized carbons (Fsp3) is 0.647. The molecule has 0 spiro atoms. The molecule has 1 fully saturated rings. The number of anilines is 1. The second-order valence-electron chi connectivity index (χ2n) is 5.98. The smallest absolute Gasteiger partial charge is 0.0791 e. The van der Waals surface area contributed by atoms with Crippen LogP contribution in [-0.2, 0) is 0 Å². The highest BCUT2D eigenvalue weighted by molar-refractivity contribution is 5.48. The summed E-state index contributed by atoms with van der Waals surface area (Å²) in [7, 11) is 0. The summed E-state index contributed by atoms with van der Waals surface area (Å²) in [4.78, 5) is 4.80. The maximum Gasteiger partial charge on any atom is 0.0791 e. The zero-order chi connectivity index (χ0) is 15.1. The van der Waals surface area contributed by atoms with E-state index in [1.807, 2.05) is 0 Å². The number of benzene rings is 1. The third-order valence-electron chi connectivity index (χ3n) is 4.01. The second kappa shape index (κ2) is 8.37. The van der Waals surface area contributed by atoms with Gasteiger partial charge < -0.3 is 15.3 Å². The molecule has 1 unspecified atom stereocenters. The van der Waals surface area contributed by atoms with Gasteiger partial charge in [0.05, 0.1) is 6.10 Å². The van der Waals surface area contributed by atoms with Crippen LogP contribution in [0.5, 0.6) is 0 Å². The van der Waals surface area contributed by atoms with E-state index in [1.54, 1.807) is 0 Å². The lowest BCUT2D eigenvalue weighted by molar-refractivity contribution is 0.108. The number of hydrogen-bond acceptors (Lipinski definition) is 4. The van der Waals surface area contributed by atoms with Gasteiger partial charge >= 0.3 is 0 Å². The number of aryl methyl sites for hydroxylation is 1. The van der Waals surface area contributed by atoms with Crippen molar-refractivity contribution >= 4 is 5.69 Å². The van der Waals surface area contributed by atoms with Crippen LogP contribution < -0.4 is 10.2 Å². The van der Waals surface area contributed by atoms with E-state index in [4.69, 9.17) is 0 Å². The Labute approximate surface area is 128 Å². The Balaban J connectivity index is 1.73. The van der Waals surface area contributed by atoms with Crippen molar-refractivity contribution in [2.45, 2.75) is 26.4 Å². The Kier molecular flexibility index (Phi) is 6.49. The number of aliphatic hydroxyl groups is 1. The largest absolute Gasteiger partial charge is 0.390 e. The van der Waals surface area contributed by atoms with Gasteiger partial charge in [0, 0.05) is 45.0 Å². The molecule has 0 radical (unpaired) electrons. The Morgan fingerprint density at radius 3 is 2.67 bits per heavy atom. The van der Waals surface area contributed by atoms with Gasteiger partial charge in [-0.05, 0) is 37.6 Å². The van der Waals surface area contributed by atoms with Gasteiger partial charge in [-0.2, -0.15) is 0 Å². The molecule has 2 rings (SSSR count). The Hall–Kier alpha value is -1.10. The molecule has 1 saturated heterocycles. The Morgan fingerprint density at radius 2 is 2.00 bits per heavy atom. The predicted molar refractivity (Wildman–Crippen MR) is 89.0 cm³/mol. The first-order chi connectivity index (χ1) is 10.2. The van der Waals surface area contributed by atoms with Crippen LogP contribution in [0.15, 0.2) is 24.3 Å². The van der Waals surface area contributed by atoms with Gasteiger partial charge in [0.25, 0.3) is 0 Å². The van der Waals surface area contributed by atoms with Crippen molar-refractivity contribution in [1.29, 1.82) is 0 Å². The van der Waals surface area contributed by atoms with Gasteiger partial charge in [0.1, 0.15) is 0 Å². The number of nitrogens with zero attached hydrogens (tertiary/aromatic N) is 2. The van der Waals surface area contributed by atoms with Crippen molar-refractivity contribution < 1.29 is 5.11 Å². The maximum atomic E-state index is 10.0. The van der Waals surface area contributed by atoms with Gasteiger partial charge in [-0.3, -0.25) is 4.90 Å². The fourth-order valence-corrected chi connectivity index (χ4v) is 2.82. The minimum absolute atomic E-state index is 0.262. The molecule has 0 aromatic heterocycles. The molecule has 1 atom stereocenters. The first kappa shape index (κ1) is 16.3. The molecule has 118 valence electrons. The molecule has 4 heteroatoms. The van der Waals surface area contributed by atoms with E-state index in [-0.39, 0.29) is 6.10 Å². The van der Waals surface area contributed by atoms with Crippen molar-refractivity contribution in [2.75, 3.05) is 50.7 Å². The van der Waals surface area contributed by atoms with E-state index >= 15 is 0 Å². The van der Waals surface area contributed by atoms with E-state index in [0.717, 1.165) is 45.7 Å². The molecule has 1 aliphatic heterocycles. The maximum absolute atomic E-state index is 10.0. The molecular formula is C17H29N3O. The summed E-state index contributed by atoms with van der Waals surface area (Å²) in [5.74, 6) is 0. The van der Waals surface area contributed by atoms with Gasteiger partial charge in [-0.25, -0.2) is 0 Å². The average Bonchev–Trinajstić information content (AvgIpc) is 2.48. The molecule has 0 aliphatic carbocycles. The van der Waals surface area contributed by atoms with Crippen molar-refractivity contribution in [3.63, 3.8) is 0 Å². The monoisotopic (exact) mass is 291 g/mol. The number of aliphatic hydroxyl groups excluding tert-OH is 1. The zero-order valence-corrected chi connectivity index (χ0v) is 13.4. The molecule has 1 heterocycles. The minimum atomic E-state index is -0.262. The number of nitrogens with one attached hydrogen (secondary N) is 1. The van der Waals surface area contributed by atoms with Crippen LogP contribution in [0.1, 0.15) is 18.9 Å². The van der Waals surface area contributed by atoms with Crippen molar-refractivity contribution in [1.82, 2.24) is 10.2 Å². The lowest BCUT2D eigenvalue weighted by Crippen LogP contribution is -2.49. The highest BCUT2D eigenvalue weighted by Gasteiger charge is 2.19. The summed E-state index contributed by atoms with van der Waals surface area (Å²) >= 11 is 0. The van der Waals surface area contributed by atoms with Crippen LogP contribution >= 0.6 is 0 Å². The zero-order valence-electron chi connectivity index (χ0n) is 13.4. The van der Waals surface area contributed by atoms with Crippen molar-refractivity contribution in [2.24, 2.45) is 0 Å². The first-order valence-corrected chi connectivity index (χ1v) is 8.12. The molecule has 4 nitrogen and oxygen atoms in total. The molecule has 2 N–H and O–H groups in total. The predicted octanol–water partition coefficient (Wildman–Crippen LogP) is 1.48. The Morgan fingerprint density at radius 1 is 1.24 bits per heavy atom. The van der Waals surface area contributed by atoms with Crippen molar-refractivity contribution in [3.8, 4) is 0 Å². The SMILES string of the molecule is CCCNCC(O)CN1CCN(c2cccc(C)c2)CC1. The molecule has 0 amide bonds. The molecule has 0 bridgehead atoms. The van der Waals surface area contributed by atoms with E-state index < -0.39 is 0 Å². The third-order valence-corrected chi connectivity index (χ3v) is 4.01. The topological polar surface area (TPSA) is 38.7 Å². The van der Waals surface area contributed by atoms with Crippen LogP contribution in [0.3, 0.4) is 0 Å². The summed E-state index contributed by atoms with van der Waals surface area (Å²) < 4.78 is 0. The van der Waals surface area contributed by atoms with E-state index in [2.05, 4.69) is 53.2 Å². The summed E-state index contributed by atoms with van der Waals surface area (Å²) in [6, 6.07) is 8.70. The van der Waals surface area contributed by atoms with Crippen LogP contribution in [0.4, 0.5) is 5.69 Å². The quantitative estimate of drug-likeness (QED) is 0.747. The number of piperazine rings is 1. The third kappa shape index (κ3) is 5.30. The van der Waals surface area contributed by atoms with Gasteiger partial charge in [-0.1, -0.05) is 19.1 Å². The summed E-state index contributed by atoms with van der Waals surface area (Å²) in [5, 5.41) is 13.3. The lowest BCUT2D eigenvalue weighted by atomic mass is 10.2. The number of rotatable bonds is 7. The van der Waals surface area contributed by atoms with Gasteiger partial charge in [-0.15, -0.1) is 0 Å². The van der Waals surface area contributed by atoms with Crippen LogP contribution in [0, 0.1) is 6.92 Å². The normalized spacial score (nSPS) is 18.0.